The van der Waals surface area contributed by atoms with Crippen molar-refractivity contribution >= 4 is 58.0 Å². The third-order valence-electron chi connectivity index (χ3n) is 3.98. The van der Waals surface area contributed by atoms with Crippen molar-refractivity contribution in [2.75, 3.05) is 22.5 Å². The van der Waals surface area contributed by atoms with Crippen LogP contribution < -0.4 is 16.0 Å². The zero-order chi connectivity index (χ0) is 19.7. The van der Waals surface area contributed by atoms with Gasteiger partial charge in [-0.25, -0.2) is 4.79 Å². The molecule has 1 aliphatic rings. The second kappa shape index (κ2) is 7.46. The molecule has 0 saturated carbocycles. The van der Waals surface area contributed by atoms with E-state index in [0.717, 1.165) is 0 Å². The summed E-state index contributed by atoms with van der Waals surface area (Å²) >= 11 is 11.8. The maximum atomic E-state index is 12.8. The van der Waals surface area contributed by atoms with Gasteiger partial charge in [0.05, 0.1) is 27.6 Å². The van der Waals surface area contributed by atoms with Gasteiger partial charge in [0.2, 0.25) is 5.91 Å². The maximum absolute atomic E-state index is 12.8. The first kappa shape index (κ1) is 19.0. The number of nitrogens with zero attached hydrogens (tertiary/aromatic N) is 1. The normalized spacial score (nSPS) is 14.2. The molecule has 0 aliphatic carbocycles. The molecule has 7 nitrogen and oxygen atoms in total. The summed E-state index contributed by atoms with van der Waals surface area (Å²) in [5, 5.41) is 3.00. The molecule has 2 amide bonds. The molecule has 2 aromatic rings. The first-order valence-corrected chi connectivity index (χ1v) is 8.69. The van der Waals surface area contributed by atoms with Crippen LogP contribution in [0.15, 0.2) is 36.4 Å². The van der Waals surface area contributed by atoms with Crippen LogP contribution in [0.2, 0.25) is 10.0 Å². The summed E-state index contributed by atoms with van der Waals surface area (Å²) in [5.41, 5.74) is 6.79. The Hall–Kier alpha value is -2.77. The number of fused-ring (bicyclic) bond motifs is 1. The second-order valence-corrected chi connectivity index (χ2v) is 6.73. The summed E-state index contributed by atoms with van der Waals surface area (Å²) in [6, 6.07) is 9.55. The lowest BCUT2D eigenvalue weighted by molar-refractivity contribution is -0.128. The number of anilines is 3. The van der Waals surface area contributed by atoms with Gasteiger partial charge in [-0.1, -0.05) is 35.3 Å². The van der Waals surface area contributed by atoms with E-state index >= 15 is 0 Å². The largest absolute Gasteiger partial charge is 0.449 e. The second-order valence-electron chi connectivity index (χ2n) is 5.89. The lowest BCUT2D eigenvalue weighted by Crippen LogP contribution is -2.47. The van der Waals surface area contributed by atoms with E-state index in [1.165, 1.54) is 24.0 Å². The Kier molecular flexibility index (Phi) is 5.25. The van der Waals surface area contributed by atoms with Gasteiger partial charge in [0.15, 0.2) is 6.10 Å². The van der Waals surface area contributed by atoms with Gasteiger partial charge < -0.3 is 15.8 Å². The van der Waals surface area contributed by atoms with Gasteiger partial charge in [-0.2, -0.15) is 0 Å². The number of carbonyl (C=O) groups is 3. The summed E-state index contributed by atoms with van der Waals surface area (Å²) in [6.07, 6.45) is -1.16. The molecular formula is C18H15Cl2N3O4. The first-order valence-electron chi connectivity index (χ1n) is 7.93. The van der Waals surface area contributed by atoms with Gasteiger partial charge in [0, 0.05) is 5.02 Å². The van der Waals surface area contributed by atoms with Crippen LogP contribution in [0, 0.1) is 0 Å². The van der Waals surface area contributed by atoms with E-state index in [0.29, 0.717) is 11.4 Å². The molecule has 2 aromatic carbocycles. The fourth-order valence-corrected chi connectivity index (χ4v) is 3.17. The number of nitrogens with two attached hydrogens (primary N) is 1. The van der Waals surface area contributed by atoms with Crippen LogP contribution in [-0.4, -0.2) is 30.4 Å². The molecule has 0 aromatic heterocycles. The molecule has 1 heterocycles. The molecule has 0 bridgehead atoms. The van der Waals surface area contributed by atoms with Crippen LogP contribution in [0.1, 0.15) is 17.3 Å². The predicted molar refractivity (Wildman–Crippen MR) is 103 cm³/mol. The lowest BCUT2D eigenvalue weighted by atomic mass is 10.1. The van der Waals surface area contributed by atoms with Crippen molar-refractivity contribution < 1.29 is 19.1 Å². The smallest absolute Gasteiger partial charge is 0.341 e. The first-order chi connectivity index (χ1) is 12.8. The van der Waals surface area contributed by atoms with Gasteiger partial charge in [-0.15, -0.1) is 0 Å². The van der Waals surface area contributed by atoms with E-state index in [-0.39, 0.29) is 33.7 Å². The quantitative estimate of drug-likeness (QED) is 0.600. The summed E-state index contributed by atoms with van der Waals surface area (Å²) in [6.45, 7) is 1.24. The number of amides is 2. The number of halogens is 2. The Labute approximate surface area is 165 Å². The number of ether oxygens (including phenoxy) is 1. The van der Waals surface area contributed by atoms with Crippen LogP contribution in [0.25, 0.3) is 0 Å². The Bertz CT molecular complexity index is 948. The highest BCUT2D eigenvalue weighted by molar-refractivity contribution is 6.37. The lowest BCUT2D eigenvalue weighted by Gasteiger charge is -2.30. The van der Waals surface area contributed by atoms with Crippen LogP contribution in [0.4, 0.5) is 17.1 Å². The molecule has 0 unspecified atom stereocenters. The van der Waals surface area contributed by atoms with Gasteiger partial charge in [-0.05, 0) is 31.2 Å². The van der Waals surface area contributed by atoms with Crippen molar-refractivity contribution in [2.45, 2.75) is 13.0 Å². The molecule has 3 N–H and O–H groups in total. The molecule has 27 heavy (non-hydrogen) atoms. The number of nitrogen functional groups attached to an aromatic ring is 1. The monoisotopic (exact) mass is 407 g/mol. The summed E-state index contributed by atoms with van der Waals surface area (Å²) in [4.78, 5) is 38.3. The third-order valence-corrected chi connectivity index (χ3v) is 4.51. The highest BCUT2D eigenvalue weighted by Crippen LogP contribution is 2.31. The molecule has 9 heteroatoms. The Balaban J connectivity index is 1.81. The zero-order valence-electron chi connectivity index (χ0n) is 14.2. The maximum Gasteiger partial charge on any atom is 0.341 e. The van der Waals surface area contributed by atoms with E-state index in [1.54, 1.807) is 24.3 Å². The zero-order valence-corrected chi connectivity index (χ0v) is 15.7. The van der Waals surface area contributed by atoms with E-state index < -0.39 is 18.0 Å². The number of hydrogen-bond acceptors (Lipinski definition) is 5. The minimum absolute atomic E-state index is 0.00779. The minimum atomic E-state index is -1.16. The SMILES string of the molecule is C[C@@H](OC(=O)c1cc(Cl)cc(Cl)c1N)C(=O)N1CC(=O)Nc2ccccc21. The number of para-hydroxylation sites is 2. The Morgan fingerprint density at radius 1 is 1.26 bits per heavy atom. The molecular weight excluding hydrogens is 393 g/mol. The minimum Gasteiger partial charge on any atom is -0.449 e. The van der Waals surface area contributed by atoms with E-state index in [4.69, 9.17) is 33.7 Å². The van der Waals surface area contributed by atoms with Crippen molar-refractivity contribution in [1.82, 2.24) is 0 Å². The number of rotatable bonds is 3. The van der Waals surface area contributed by atoms with Crippen molar-refractivity contribution in [2.24, 2.45) is 0 Å². The van der Waals surface area contributed by atoms with Crippen LogP contribution in [0.3, 0.4) is 0 Å². The third kappa shape index (κ3) is 3.84. The molecule has 3 rings (SSSR count). The highest BCUT2D eigenvalue weighted by atomic mass is 35.5. The molecule has 140 valence electrons. The molecule has 0 fully saturated rings. The van der Waals surface area contributed by atoms with E-state index in [1.807, 2.05) is 0 Å². The van der Waals surface area contributed by atoms with Gasteiger partial charge in [0.25, 0.3) is 5.91 Å². The molecule has 0 saturated heterocycles. The van der Waals surface area contributed by atoms with Crippen LogP contribution >= 0.6 is 23.2 Å². The number of nitrogens with one attached hydrogen (secondary N) is 1. The molecule has 0 spiro atoms. The van der Waals surface area contributed by atoms with Gasteiger partial charge in [-0.3, -0.25) is 14.5 Å². The van der Waals surface area contributed by atoms with Gasteiger partial charge in [0.1, 0.15) is 6.54 Å². The fraction of sp³-hybridized carbons (Fsp3) is 0.167. The van der Waals surface area contributed by atoms with Crippen molar-refractivity contribution in [3.8, 4) is 0 Å². The van der Waals surface area contributed by atoms with Crippen LogP contribution in [-0.2, 0) is 14.3 Å². The Morgan fingerprint density at radius 3 is 2.70 bits per heavy atom. The van der Waals surface area contributed by atoms with Crippen molar-refractivity contribution in [3.05, 3.63) is 52.0 Å². The predicted octanol–water partition coefficient (Wildman–Crippen LogP) is 3.11. The standard InChI is InChI=1S/C18H15Cl2N3O4/c1-9(27-18(26)11-6-10(19)7-12(20)16(11)21)17(25)23-8-15(24)22-13-4-2-3-5-14(13)23/h2-7,9H,8,21H2,1H3,(H,22,24)/t9-/m1/s1. The Morgan fingerprint density at radius 2 is 1.96 bits per heavy atom. The number of esters is 1. The molecule has 0 radical (unpaired) electrons. The van der Waals surface area contributed by atoms with E-state index in [2.05, 4.69) is 5.32 Å². The summed E-state index contributed by atoms with van der Waals surface area (Å²) in [7, 11) is 0. The number of hydrogen-bond donors (Lipinski definition) is 2. The average molecular weight is 408 g/mol. The summed E-state index contributed by atoms with van der Waals surface area (Å²) < 4.78 is 5.23. The van der Waals surface area contributed by atoms with Crippen molar-refractivity contribution in [1.29, 1.82) is 0 Å². The fourth-order valence-electron chi connectivity index (χ4n) is 2.68. The van der Waals surface area contributed by atoms with Crippen molar-refractivity contribution in [3.63, 3.8) is 0 Å². The molecule has 1 atom stereocenters. The summed E-state index contributed by atoms with van der Waals surface area (Å²) in [5.74, 6) is -1.73. The number of carbonyl (C=O) groups excluding carboxylic acids is 3. The molecule has 1 aliphatic heterocycles. The number of benzene rings is 2. The topological polar surface area (TPSA) is 102 Å². The average Bonchev–Trinajstić information content (AvgIpc) is 2.63. The van der Waals surface area contributed by atoms with Gasteiger partial charge >= 0.3 is 5.97 Å². The van der Waals surface area contributed by atoms with E-state index in [9.17, 15) is 14.4 Å². The van der Waals surface area contributed by atoms with Crippen LogP contribution in [0.5, 0.6) is 0 Å². The highest BCUT2D eigenvalue weighted by Gasteiger charge is 2.32.